The summed E-state index contributed by atoms with van der Waals surface area (Å²) in [5.41, 5.74) is 0.995. The van der Waals surface area contributed by atoms with Crippen LogP contribution in [0, 0.1) is 0 Å². The number of hydrogen-bond acceptors (Lipinski definition) is 3. The molecule has 1 N–H and O–H groups in total. The summed E-state index contributed by atoms with van der Waals surface area (Å²) in [7, 11) is 0. The number of anilines is 1. The van der Waals surface area contributed by atoms with Crippen molar-refractivity contribution in [2.45, 2.75) is 17.9 Å². The van der Waals surface area contributed by atoms with E-state index in [-0.39, 0.29) is 5.03 Å². The molecule has 2 rings (SSSR count). The molecule has 0 radical (unpaired) electrons. The normalized spacial score (nSPS) is 18.5. The number of hydrogen-bond donors (Lipinski definition) is 1. The van der Waals surface area contributed by atoms with Crippen LogP contribution < -0.4 is 4.90 Å². The first-order valence-electron chi connectivity index (χ1n) is 4.59. The molecule has 1 aromatic rings. The smallest absolute Gasteiger partial charge is 0.205 e. The average molecular weight is 212 g/mol. The Labute approximate surface area is 85.2 Å². The predicted molar refractivity (Wildman–Crippen MR) is 54.7 cm³/mol. The maximum atomic E-state index is 10.8. The van der Waals surface area contributed by atoms with Gasteiger partial charge in [-0.25, -0.2) is 9.19 Å². The van der Waals surface area contributed by atoms with Crippen molar-refractivity contribution in [3.63, 3.8) is 0 Å². The predicted octanol–water partition coefficient (Wildman–Crippen LogP) is 1.26. The van der Waals surface area contributed by atoms with E-state index in [1.54, 1.807) is 12.3 Å². The van der Waals surface area contributed by atoms with E-state index < -0.39 is 11.1 Å². The van der Waals surface area contributed by atoms with Crippen LogP contribution in [0.2, 0.25) is 0 Å². The molecule has 14 heavy (non-hydrogen) atoms. The summed E-state index contributed by atoms with van der Waals surface area (Å²) in [6.45, 7) is 2.06. The highest BCUT2D eigenvalue weighted by atomic mass is 32.2. The molecular weight excluding hydrogens is 200 g/mol. The molecule has 0 aromatic carbocycles. The minimum Gasteiger partial charge on any atom is -0.371 e. The Morgan fingerprint density at radius 1 is 1.43 bits per heavy atom. The summed E-state index contributed by atoms with van der Waals surface area (Å²) in [4.78, 5) is 6.04. The second-order valence-corrected chi connectivity index (χ2v) is 4.21. The van der Waals surface area contributed by atoms with Gasteiger partial charge in [0.05, 0.1) is 0 Å². The van der Waals surface area contributed by atoms with Gasteiger partial charge in [-0.1, -0.05) is 0 Å². The molecule has 76 valence electrons. The number of pyridine rings is 1. The third-order valence-corrected chi connectivity index (χ3v) is 2.95. The number of aromatic nitrogens is 1. The Balaban J connectivity index is 2.25. The zero-order chi connectivity index (χ0) is 9.97. The maximum Gasteiger partial charge on any atom is 0.205 e. The van der Waals surface area contributed by atoms with Crippen LogP contribution >= 0.6 is 0 Å². The molecule has 0 aliphatic carbocycles. The van der Waals surface area contributed by atoms with E-state index in [9.17, 15) is 4.21 Å². The largest absolute Gasteiger partial charge is 0.371 e. The lowest BCUT2D eigenvalue weighted by Crippen LogP contribution is -2.17. The van der Waals surface area contributed by atoms with Crippen molar-refractivity contribution in [3.8, 4) is 0 Å². The van der Waals surface area contributed by atoms with E-state index in [0.717, 1.165) is 18.8 Å². The van der Waals surface area contributed by atoms with Crippen LogP contribution in [0.1, 0.15) is 12.8 Å². The SMILES string of the molecule is O=S(O)c1cc(N2CCCC2)ccn1. The van der Waals surface area contributed by atoms with E-state index in [4.69, 9.17) is 4.55 Å². The molecule has 2 heterocycles. The summed E-state index contributed by atoms with van der Waals surface area (Å²) in [6, 6.07) is 3.56. The zero-order valence-electron chi connectivity index (χ0n) is 7.72. The minimum absolute atomic E-state index is 0.231. The Morgan fingerprint density at radius 3 is 2.79 bits per heavy atom. The van der Waals surface area contributed by atoms with Crippen molar-refractivity contribution in [1.82, 2.24) is 4.98 Å². The van der Waals surface area contributed by atoms with Gasteiger partial charge in [0.1, 0.15) is 0 Å². The monoisotopic (exact) mass is 212 g/mol. The van der Waals surface area contributed by atoms with Crippen molar-refractivity contribution in [3.05, 3.63) is 18.3 Å². The lowest BCUT2D eigenvalue weighted by atomic mass is 10.4. The summed E-state index contributed by atoms with van der Waals surface area (Å²) >= 11 is -1.98. The van der Waals surface area contributed by atoms with Gasteiger partial charge in [0.2, 0.25) is 11.1 Å². The van der Waals surface area contributed by atoms with Crippen LogP contribution in [0.25, 0.3) is 0 Å². The van der Waals surface area contributed by atoms with Gasteiger partial charge >= 0.3 is 0 Å². The lowest BCUT2D eigenvalue weighted by molar-refractivity contribution is 0.560. The first kappa shape index (κ1) is 9.61. The molecule has 5 heteroatoms. The van der Waals surface area contributed by atoms with Gasteiger partial charge in [0.25, 0.3) is 0 Å². The highest BCUT2D eigenvalue weighted by molar-refractivity contribution is 7.79. The van der Waals surface area contributed by atoms with E-state index in [2.05, 4.69) is 9.88 Å². The zero-order valence-corrected chi connectivity index (χ0v) is 8.54. The van der Waals surface area contributed by atoms with E-state index in [0.29, 0.717) is 0 Å². The molecule has 1 fully saturated rings. The molecule has 1 unspecified atom stereocenters. The van der Waals surface area contributed by atoms with Crippen molar-refractivity contribution < 1.29 is 8.76 Å². The fourth-order valence-corrected chi connectivity index (χ4v) is 2.04. The standard InChI is InChI=1S/C9H12N2O2S/c12-14(13)9-7-8(3-4-10-9)11-5-1-2-6-11/h3-4,7H,1-2,5-6H2,(H,12,13). The molecule has 4 nitrogen and oxygen atoms in total. The maximum absolute atomic E-state index is 10.8. The Morgan fingerprint density at radius 2 is 2.14 bits per heavy atom. The molecule has 0 amide bonds. The molecular formula is C9H12N2O2S. The molecule has 0 bridgehead atoms. The van der Waals surface area contributed by atoms with Crippen molar-refractivity contribution in [2.75, 3.05) is 18.0 Å². The first-order chi connectivity index (χ1) is 6.77. The third kappa shape index (κ3) is 1.93. The van der Waals surface area contributed by atoms with Gasteiger partial charge in [-0.3, -0.25) is 0 Å². The highest BCUT2D eigenvalue weighted by Crippen LogP contribution is 2.20. The van der Waals surface area contributed by atoms with E-state index in [1.165, 1.54) is 12.8 Å². The topological polar surface area (TPSA) is 53.4 Å². The number of rotatable bonds is 2. The highest BCUT2D eigenvalue weighted by Gasteiger charge is 2.13. The molecule has 1 aliphatic heterocycles. The number of nitrogens with zero attached hydrogens (tertiary/aromatic N) is 2. The molecule has 1 saturated heterocycles. The third-order valence-electron chi connectivity index (χ3n) is 2.37. The fraction of sp³-hybridized carbons (Fsp3) is 0.444. The molecule has 1 aromatic heterocycles. The van der Waals surface area contributed by atoms with Crippen LogP contribution in [0.3, 0.4) is 0 Å². The van der Waals surface area contributed by atoms with Crippen molar-refractivity contribution in [1.29, 1.82) is 0 Å². The second-order valence-electron chi connectivity index (χ2n) is 3.30. The Bertz CT molecular complexity index is 350. The Hall–Kier alpha value is -0.940. The van der Waals surface area contributed by atoms with Gasteiger partial charge < -0.3 is 9.45 Å². The van der Waals surface area contributed by atoms with Crippen LogP contribution in [-0.2, 0) is 11.1 Å². The van der Waals surface area contributed by atoms with Crippen molar-refractivity contribution in [2.24, 2.45) is 0 Å². The summed E-state index contributed by atoms with van der Waals surface area (Å²) < 4.78 is 19.7. The Kier molecular flexibility index (Phi) is 2.79. The minimum atomic E-state index is -1.98. The van der Waals surface area contributed by atoms with E-state index in [1.807, 2.05) is 6.07 Å². The lowest BCUT2D eigenvalue weighted by Gasteiger charge is -2.17. The molecule has 1 atom stereocenters. The molecule has 1 aliphatic rings. The van der Waals surface area contributed by atoms with Crippen LogP contribution in [0.5, 0.6) is 0 Å². The first-order valence-corrected chi connectivity index (χ1v) is 5.70. The van der Waals surface area contributed by atoms with Gasteiger partial charge in [-0.2, -0.15) is 0 Å². The summed E-state index contributed by atoms with van der Waals surface area (Å²) in [5.74, 6) is 0. The van der Waals surface area contributed by atoms with Gasteiger partial charge in [-0.05, 0) is 25.0 Å². The second kappa shape index (κ2) is 4.06. The summed E-state index contributed by atoms with van der Waals surface area (Å²) in [5, 5.41) is 0.231. The van der Waals surface area contributed by atoms with Crippen LogP contribution in [0.4, 0.5) is 5.69 Å². The quantitative estimate of drug-likeness (QED) is 0.750. The average Bonchev–Trinajstić information content (AvgIpc) is 2.71. The van der Waals surface area contributed by atoms with E-state index >= 15 is 0 Å². The van der Waals surface area contributed by atoms with Crippen LogP contribution in [0.15, 0.2) is 23.4 Å². The van der Waals surface area contributed by atoms with Gasteiger partial charge in [-0.15, -0.1) is 0 Å². The van der Waals surface area contributed by atoms with Crippen LogP contribution in [-0.4, -0.2) is 26.8 Å². The van der Waals surface area contributed by atoms with Crippen molar-refractivity contribution >= 4 is 16.8 Å². The summed E-state index contributed by atoms with van der Waals surface area (Å²) in [6.07, 6.45) is 3.97. The van der Waals surface area contributed by atoms with Gasteiger partial charge in [0, 0.05) is 25.0 Å². The fourth-order valence-electron chi connectivity index (χ4n) is 1.67. The molecule has 0 saturated carbocycles. The molecule has 0 spiro atoms. The van der Waals surface area contributed by atoms with Gasteiger partial charge in [0.15, 0.2) is 5.03 Å².